The van der Waals surface area contributed by atoms with Crippen LogP contribution in [0.1, 0.15) is 37.5 Å². The molecule has 3 rings (SSSR count). The van der Waals surface area contributed by atoms with Crippen molar-refractivity contribution >= 4 is 28.0 Å². The van der Waals surface area contributed by atoms with Crippen molar-refractivity contribution in [2.24, 2.45) is 0 Å². The monoisotopic (exact) mass is 471 g/mol. The summed E-state index contributed by atoms with van der Waals surface area (Å²) in [6.07, 6.45) is 7.21. The van der Waals surface area contributed by atoms with Crippen LogP contribution < -0.4 is 15.0 Å². The smallest absolute Gasteiger partial charge is 0.256 e. The van der Waals surface area contributed by atoms with Gasteiger partial charge in [-0.25, -0.2) is 17.8 Å². The quantitative estimate of drug-likeness (QED) is 0.554. The Morgan fingerprint density at radius 1 is 1.15 bits per heavy atom. The van der Waals surface area contributed by atoms with Gasteiger partial charge in [0.2, 0.25) is 10.0 Å². The van der Waals surface area contributed by atoms with Gasteiger partial charge in [0.25, 0.3) is 5.56 Å². The summed E-state index contributed by atoms with van der Waals surface area (Å²) in [7, 11) is -1.84. The van der Waals surface area contributed by atoms with Crippen molar-refractivity contribution in [2.75, 3.05) is 18.1 Å². The molecule has 0 aliphatic rings. The summed E-state index contributed by atoms with van der Waals surface area (Å²) in [5.41, 5.74) is 2.35. The lowest BCUT2D eigenvalue weighted by Crippen LogP contribution is -2.15. The molecule has 0 spiro atoms. The van der Waals surface area contributed by atoms with Gasteiger partial charge in [0, 0.05) is 29.1 Å². The summed E-state index contributed by atoms with van der Waals surface area (Å²) in [5.74, 6) is 0.317. The summed E-state index contributed by atoms with van der Waals surface area (Å²) < 4.78 is 44.6. The Morgan fingerprint density at radius 2 is 1.88 bits per heavy atom. The molecule has 2 N–H and O–H groups in total. The van der Waals surface area contributed by atoms with Crippen LogP contribution in [0.2, 0.25) is 0 Å². The van der Waals surface area contributed by atoms with E-state index in [1.165, 1.54) is 12.3 Å². The Morgan fingerprint density at radius 3 is 2.45 bits per heavy atom. The van der Waals surface area contributed by atoms with Crippen molar-refractivity contribution in [3.8, 4) is 16.9 Å². The van der Waals surface area contributed by atoms with Gasteiger partial charge in [-0.3, -0.25) is 9.52 Å². The second kappa shape index (κ2) is 9.19. The number of nitrogens with zero attached hydrogens (tertiary/aromatic N) is 1. The van der Waals surface area contributed by atoms with Gasteiger partial charge in [-0.05, 0) is 46.9 Å². The van der Waals surface area contributed by atoms with Crippen LogP contribution in [0, 0.1) is 5.82 Å². The SMILES string of the molecule is COc1c(C=Cc2ccc(NS(C)(=O)=O)nc2)cc(-c2cc(F)c[nH]c2=O)cc1C(C)(C)C. The highest BCUT2D eigenvalue weighted by atomic mass is 32.2. The van der Waals surface area contributed by atoms with Crippen LogP contribution in [0.4, 0.5) is 10.2 Å². The van der Waals surface area contributed by atoms with Crippen LogP contribution in [0.15, 0.2) is 47.5 Å². The van der Waals surface area contributed by atoms with Crippen LogP contribution in [0.25, 0.3) is 23.3 Å². The minimum atomic E-state index is -3.41. The number of sulfonamides is 1. The first-order chi connectivity index (χ1) is 15.4. The molecule has 0 bridgehead atoms. The second-order valence-corrected chi connectivity index (χ2v) is 10.4. The number of benzene rings is 1. The first kappa shape index (κ1) is 24.2. The van der Waals surface area contributed by atoms with Crippen LogP contribution in [-0.4, -0.2) is 31.8 Å². The maximum absolute atomic E-state index is 13.9. The van der Waals surface area contributed by atoms with E-state index in [0.29, 0.717) is 16.9 Å². The molecule has 0 radical (unpaired) electrons. The molecule has 2 aromatic heterocycles. The van der Waals surface area contributed by atoms with Crippen LogP contribution in [0.5, 0.6) is 5.75 Å². The molecule has 7 nitrogen and oxygen atoms in total. The number of nitrogens with one attached hydrogen (secondary N) is 2. The van der Waals surface area contributed by atoms with E-state index in [-0.39, 0.29) is 16.8 Å². The number of pyridine rings is 2. The normalized spacial score (nSPS) is 12.2. The van der Waals surface area contributed by atoms with Gasteiger partial charge < -0.3 is 9.72 Å². The number of aromatic amines is 1. The van der Waals surface area contributed by atoms with Gasteiger partial charge in [-0.15, -0.1) is 0 Å². The number of hydrogen-bond donors (Lipinski definition) is 2. The van der Waals surface area contributed by atoms with Crippen LogP contribution in [0.3, 0.4) is 0 Å². The summed E-state index contributed by atoms with van der Waals surface area (Å²) in [6.45, 7) is 6.07. The fraction of sp³-hybridized carbons (Fsp3) is 0.250. The lowest BCUT2D eigenvalue weighted by atomic mass is 9.83. The van der Waals surface area contributed by atoms with Crippen molar-refractivity contribution in [3.63, 3.8) is 0 Å². The van der Waals surface area contributed by atoms with Gasteiger partial charge in [0.05, 0.1) is 13.4 Å². The maximum atomic E-state index is 13.9. The molecule has 1 aromatic carbocycles. The number of ether oxygens (including phenoxy) is 1. The summed E-state index contributed by atoms with van der Waals surface area (Å²) in [5, 5.41) is 0. The topological polar surface area (TPSA) is 101 Å². The molecule has 2 heterocycles. The van der Waals surface area contributed by atoms with Gasteiger partial charge >= 0.3 is 0 Å². The van der Waals surface area contributed by atoms with Gasteiger partial charge in [-0.1, -0.05) is 32.9 Å². The molecule has 9 heteroatoms. The van der Waals surface area contributed by atoms with E-state index in [2.05, 4.69) is 14.7 Å². The Hall–Kier alpha value is -3.46. The largest absolute Gasteiger partial charge is 0.496 e. The molecule has 0 fully saturated rings. The third-order valence-electron chi connectivity index (χ3n) is 4.84. The zero-order chi connectivity index (χ0) is 24.4. The Labute approximate surface area is 192 Å². The van der Waals surface area contributed by atoms with Crippen molar-refractivity contribution in [1.29, 1.82) is 0 Å². The number of anilines is 1. The number of aromatic nitrogens is 2. The van der Waals surface area contributed by atoms with Crippen LogP contribution in [-0.2, 0) is 15.4 Å². The average molecular weight is 472 g/mol. The van der Waals surface area contributed by atoms with E-state index in [4.69, 9.17) is 4.74 Å². The molecule has 33 heavy (non-hydrogen) atoms. The van der Waals surface area contributed by atoms with Crippen molar-refractivity contribution in [3.05, 3.63) is 75.6 Å². The summed E-state index contributed by atoms with van der Waals surface area (Å²) >= 11 is 0. The van der Waals surface area contributed by atoms with Crippen LogP contribution >= 0.6 is 0 Å². The number of rotatable bonds is 6. The highest BCUT2D eigenvalue weighted by Crippen LogP contribution is 2.38. The number of H-pyrrole nitrogens is 1. The van der Waals surface area contributed by atoms with Gasteiger partial charge in [-0.2, -0.15) is 0 Å². The van der Waals surface area contributed by atoms with E-state index >= 15 is 0 Å². The standard InChI is InChI=1S/C24H26FN3O4S/c1-24(2,3)20-11-17(19-12-18(25)14-27-23(19)29)10-16(22(20)32-4)8-6-15-7-9-21(26-13-15)28-33(5,30)31/h6-14H,1-5H3,(H,26,28)(H,27,29). The zero-order valence-corrected chi connectivity index (χ0v) is 19.9. The molecule has 0 amide bonds. The van der Waals surface area contributed by atoms with Crippen molar-refractivity contribution in [2.45, 2.75) is 26.2 Å². The highest BCUT2D eigenvalue weighted by molar-refractivity contribution is 7.92. The first-order valence-corrected chi connectivity index (χ1v) is 12.0. The molecule has 174 valence electrons. The highest BCUT2D eigenvalue weighted by Gasteiger charge is 2.23. The molecule has 0 aliphatic carbocycles. The van der Waals surface area contributed by atoms with E-state index in [9.17, 15) is 17.6 Å². The number of halogens is 1. The molecular weight excluding hydrogens is 445 g/mol. The Bertz CT molecular complexity index is 1360. The van der Waals surface area contributed by atoms with E-state index in [1.54, 1.807) is 31.4 Å². The molecular formula is C24H26FN3O4S. The number of methoxy groups -OCH3 is 1. The van der Waals surface area contributed by atoms with Gasteiger partial charge in [0.1, 0.15) is 17.4 Å². The molecule has 0 unspecified atom stereocenters. The minimum absolute atomic E-state index is 0.217. The van der Waals surface area contributed by atoms with Gasteiger partial charge in [0.15, 0.2) is 0 Å². The Balaban J connectivity index is 2.10. The molecule has 0 aliphatic heterocycles. The lowest BCUT2D eigenvalue weighted by molar-refractivity contribution is 0.397. The van der Waals surface area contributed by atoms with E-state index in [0.717, 1.165) is 23.6 Å². The fourth-order valence-electron chi connectivity index (χ4n) is 3.33. The third kappa shape index (κ3) is 6.07. The lowest BCUT2D eigenvalue weighted by Gasteiger charge is -2.24. The average Bonchev–Trinajstić information content (AvgIpc) is 2.72. The molecule has 0 saturated carbocycles. The molecule has 3 aromatic rings. The maximum Gasteiger partial charge on any atom is 0.256 e. The number of hydrogen-bond acceptors (Lipinski definition) is 5. The van der Waals surface area contributed by atoms with Crippen molar-refractivity contribution < 1.29 is 17.5 Å². The van der Waals surface area contributed by atoms with E-state index in [1.807, 2.05) is 32.9 Å². The molecule has 0 atom stereocenters. The summed E-state index contributed by atoms with van der Waals surface area (Å²) in [4.78, 5) is 18.9. The first-order valence-electron chi connectivity index (χ1n) is 10.1. The Kier molecular flexibility index (Phi) is 6.73. The second-order valence-electron chi connectivity index (χ2n) is 8.64. The van der Waals surface area contributed by atoms with Crippen molar-refractivity contribution in [1.82, 2.24) is 9.97 Å². The molecule has 0 saturated heterocycles. The summed E-state index contributed by atoms with van der Waals surface area (Å²) in [6, 6.07) is 8.09. The predicted molar refractivity (Wildman–Crippen MR) is 129 cm³/mol. The van der Waals surface area contributed by atoms with E-state index < -0.39 is 21.4 Å². The fourth-order valence-corrected chi connectivity index (χ4v) is 3.83. The minimum Gasteiger partial charge on any atom is -0.496 e. The predicted octanol–water partition coefficient (Wildman–Crippen LogP) is 4.42. The third-order valence-corrected chi connectivity index (χ3v) is 5.42. The zero-order valence-electron chi connectivity index (χ0n) is 19.1.